The second kappa shape index (κ2) is 9.96. The summed E-state index contributed by atoms with van der Waals surface area (Å²) in [5.74, 6) is 1.52. The topological polar surface area (TPSA) is 67.7 Å². The van der Waals surface area contributed by atoms with Crippen LogP contribution in [0.2, 0.25) is 0 Å². The summed E-state index contributed by atoms with van der Waals surface area (Å²) >= 11 is 0. The largest absolute Gasteiger partial charge is 0.475 e. The summed E-state index contributed by atoms with van der Waals surface area (Å²) in [6, 6.07) is 17.9. The van der Waals surface area contributed by atoms with Crippen molar-refractivity contribution in [1.82, 2.24) is 15.2 Å². The Hall–Kier alpha value is -3.34. The number of ether oxygens (including phenoxy) is 1. The molecular weight excluding hydrogens is 448 g/mol. The molecule has 0 aliphatic carbocycles. The van der Waals surface area contributed by atoms with Gasteiger partial charge in [0.2, 0.25) is 5.88 Å². The quantitative estimate of drug-likeness (QED) is 0.597. The van der Waals surface area contributed by atoms with Gasteiger partial charge in [0.25, 0.3) is 0 Å². The molecule has 3 aliphatic heterocycles. The van der Waals surface area contributed by atoms with Crippen molar-refractivity contribution in [3.63, 3.8) is 0 Å². The molecule has 186 valence electrons. The normalized spacial score (nSPS) is 20.4. The Kier molecular flexibility index (Phi) is 6.39. The molecule has 0 amide bonds. The van der Waals surface area contributed by atoms with E-state index in [1.54, 1.807) is 0 Å². The van der Waals surface area contributed by atoms with Crippen LogP contribution in [0.25, 0.3) is 10.8 Å². The third-order valence-electron chi connectivity index (χ3n) is 8.06. The Morgan fingerprint density at radius 1 is 1.03 bits per heavy atom. The van der Waals surface area contributed by atoms with Gasteiger partial charge in [-0.1, -0.05) is 36.4 Å². The first-order valence-electron chi connectivity index (χ1n) is 13.2. The molecule has 2 fully saturated rings. The minimum Gasteiger partial charge on any atom is -0.475 e. The number of pyridine rings is 1. The second-order valence-corrected chi connectivity index (χ2v) is 10.2. The number of nitrogens with one attached hydrogen (secondary N) is 1. The fourth-order valence-corrected chi connectivity index (χ4v) is 6.00. The Balaban J connectivity index is 1.39. The van der Waals surface area contributed by atoms with E-state index in [0.29, 0.717) is 30.6 Å². The van der Waals surface area contributed by atoms with Gasteiger partial charge in [-0.2, -0.15) is 10.2 Å². The van der Waals surface area contributed by atoms with Gasteiger partial charge in [0.15, 0.2) is 0 Å². The van der Waals surface area contributed by atoms with Crippen LogP contribution in [0, 0.1) is 11.3 Å². The van der Waals surface area contributed by atoms with Crippen LogP contribution in [-0.4, -0.2) is 68.8 Å². The summed E-state index contributed by atoms with van der Waals surface area (Å²) < 4.78 is 6.36. The lowest BCUT2D eigenvalue weighted by Gasteiger charge is -2.36. The average molecular weight is 483 g/mol. The number of hydrogen-bond donors (Lipinski definition) is 1. The van der Waals surface area contributed by atoms with E-state index in [9.17, 15) is 5.26 Å². The Morgan fingerprint density at radius 3 is 2.67 bits per heavy atom. The van der Waals surface area contributed by atoms with Gasteiger partial charge in [0.1, 0.15) is 24.1 Å². The number of fused-ring (bicyclic) bond motifs is 2. The molecule has 3 aliphatic rings. The molecule has 0 spiro atoms. The highest BCUT2D eigenvalue weighted by Crippen LogP contribution is 2.38. The van der Waals surface area contributed by atoms with Crippen LogP contribution in [-0.2, 0) is 13.0 Å². The monoisotopic (exact) mass is 482 g/mol. The summed E-state index contributed by atoms with van der Waals surface area (Å²) in [6.07, 6.45) is 3.19. The van der Waals surface area contributed by atoms with E-state index < -0.39 is 0 Å². The number of nitrogens with zero attached hydrogens (tertiary/aromatic N) is 5. The summed E-state index contributed by atoms with van der Waals surface area (Å²) in [7, 11) is 2.15. The number of aromatic nitrogens is 1. The molecular formula is C29H34N6O. The highest BCUT2D eigenvalue weighted by atomic mass is 16.5. The predicted octanol–water partition coefficient (Wildman–Crippen LogP) is 3.55. The number of hydrogen-bond acceptors (Lipinski definition) is 7. The first kappa shape index (κ1) is 23.1. The van der Waals surface area contributed by atoms with E-state index in [2.05, 4.69) is 75.6 Å². The number of nitriles is 1. The third-order valence-corrected chi connectivity index (χ3v) is 8.06. The molecule has 1 atom stereocenters. The molecule has 36 heavy (non-hydrogen) atoms. The van der Waals surface area contributed by atoms with E-state index in [-0.39, 0.29) is 0 Å². The van der Waals surface area contributed by atoms with Gasteiger partial charge in [0.05, 0.1) is 0 Å². The molecule has 2 aromatic carbocycles. The Labute approximate surface area is 213 Å². The molecule has 1 aromatic heterocycles. The maximum atomic E-state index is 10.3. The van der Waals surface area contributed by atoms with Crippen molar-refractivity contribution in [1.29, 1.82) is 5.26 Å². The van der Waals surface area contributed by atoms with Gasteiger partial charge in [-0.3, -0.25) is 0 Å². The lowest BCUT2D eigenvalue weighted by atomic mass is 9.94. The van der Waals surface area contributed by atoms with Crippen LogP contribution in [0.5, 0.6) is 5.88 Å². The van der Waals surface area contributed by atoms with Crippen molar-refractivity contribution < 1.29 is 4.74 Å². The maximum Gasteiger partial charge on any atom is 0.234 e. The van der Waals surface area contributed by atoms with Gasteiger partial charge >= 0.3 is 0 Å². The molecule has 4 heterocycles. The van der Waals surface area contributed by atoms with Gasteiger partial charge in [0, 0.05) is 67.5 Å². The molecule has 0 radical (unpaired) electrons. The number of anilines is 2. The van der Waals surface area contributed by atoms with E-state index >= 15 is 0 Å². The van der Waals surface area contributed by atoms with E-state index in [4.69, 9.17) is 9.72 Å². The van der Waals surface area contributed by atoms with Crippen molar-refractivity contribution in [3.05, 3.63) is 59.2 Å². The smallest absolute Gasteiger partial charge is 0.234 e. The molecule has 7 nitrogen and oxygen atoms in total. The number of likely N-dealkylation sites (tertiary alicyclic amines) is 1. The molecule has 2 saturated heterocycles. The summed E-state index contributed by atoms with van der Waals surface area (Å²) in [5.41, 5.74) is 4.12. The van der Waals surface area contributed by atoms with E-state index in [1.165, 1.54) is 28.4 Å². The van der Waals surface area contributed by atoms with Crippen LogP contribution in [0.3, 0.4) is 0 Å². The van der Waals surface area contributed by atoms with Crippen molar-refractivity contribution in [2.24, 2.45) is 0 Å². The third kappa shape index (κ3) is 4.25. The van der Waals surface area contributed by atoms with Gasteiger partial charge in [-0.15, -0.1) is 0 Å². The molecule has 3 aromatic rings. The molecule has 1 N–H and O–H groups in total. The fourth-order valence-electron chi connectivity index (χ4n) is 6.00. The van der Waals surface area contributed by atoms with Crippen LogP contribution in [0.4, 0.5) is 11.5 Å². The first-order valence-corrected chi connectivity index (χ1v) is 13.2. The molecule has 1 unspecified atom stereocenters. The van der Waals surface area contributed by atoms with Crippen molar-refractivity contribution in [2.75, 3.05) is 62.7 Å². The standard InChI is InChI=1S/C29H34N6O/c1-33-14-5-8-22(33)20-36-29-25(18-30)26-19-35(27-10-4-7-21-6-2-3-9-23(21)27)15-11-24(26)28(32-29)34-16-12-31-13-17-34/h2-4,6-7,9-10,22,31H,5,8,11-17,19-20H2,1H3. The van der Waals surface area contributed by atoms with E-state index in [1.807, 2.05) is 0 Å². The van der Waals surface area contributed by atoms with Gasteiger partial charge in [-0.05, 0) is 44.3 Å². The number of benzene rings is 2. The first-order chi connectivity index (χ1) is 17.7. The zero-order chi connectivity index (χ0) is 24.5. The zero-order valence-electron chi connectivity index (χ0n) is 21.0. The van der Waals surface area contributed by atoms with Crippen LogP contribution >= 0.6 is 0 Å². The highest BCUT2D eigenvalue weighted by molar-refractivity contribution is 5.94. The predicted molar refractivity (Wildman–Crippen MR) is 144 cm³/mol. The SMILES string of the molecule is CN1CCCC1COc1nc(N2CCNCC2)c2c(c1C#N)CN(c1cccc3ccccc13)CC2. The van der Waals surface area contributed by atoms with Gasteiger partial charge in [-0.25, -0.2) is 0 Å². The second-order valence-electron chi connectivity index (χ2n) is 10.2. The lowest BCUT2D eigenvalue weighted by Crippen LogP contribution is -2.45. The Morgan fingerprint density at radius 2 is 1.86 bits per heavy atom. The summed E-state index contributed by atoms with van der Waals surface area (Å²) in [6.45, 7) is 7.00. The van der Waals surface area contributed by atoms with Crippen molar-refractivity contribution >= 4 is 22.3 Å². The molecule has 0 saturated carbocycles. The summed E-state index contributed by atoms with van der Waals surface area (Å²) in [4.78, 5) is 12.2. The Bertz CT molecular complexity index is 1290. The fraction of sp³-hybridized carbons (Fsp3) is 0.448. The molecule has 0 bridgehead atoms. The van der Waals surface area contributed by atoms with Crippen LogP contribution in [0.1, 0.15) is 29.5 Å². The van der Waals surface area contributed by atoms with Crippen molar-refractivity contribution in [3.8, 4) is 11.9 Å². The summed E-state index contributed by atoms with van der Waals surface area (Å²) in [5, 5.41) is 16.3. The van der Waals surface area contributed by atoms with Gasteiger partial charge < -0.3 is 24.8 Å². The maximum absolute atomic E-state index is 10.3. The number of rotatable bonds is 5. The zero-order valence-corrected chi connectivity index (χ0v) is 21.0. The molecule has 6 rings (SSSR count). The van der Waals surface area contributed by atoms with Crippen LogP contribution < -0.4 is 19.9 Å². The highest BCUT2D eigenvalue weighted by Gasteiger charge is 2.30. The molecule has 7 heteroatoms. The van der Waals surface area contributed by atoms with Crippen molar-refractivity contribution in [2.45, 2.75) is 31.8 Å². The van der Waals surface area contributed by atoms with Crippen LogP contribution in [0.15, 0.2) is 42.5 Å². The lowest BCUT2D eigenvalue weighted by molar-refractivity contribution is 0.193. The van der Waals surface area contributed by atoms with E-state index in [0.717, 1.165) is 63.5 Å². The number of piperazine rings is 1. The average Bonchev–Trinajstić information content (AvgIpc) is 3.35. The number of likely N-dealkylation sites (N-methyl/N-ethyl adjacent to an activating group) is 1. The minimum atomic E-state index is 0.379. The minimum absolute atomic E-state index is 0.379.